The largest absolute Gasteiger partial charge is 0.389 e. The molecule has 0 saturated heterocycles. The fourth-order valence-electron chi connectivity index (χ4n) is 4.19. The minimum Gasteiger partial charge on any atom is -0.389 e. The molecular formula is C27H56N2O6. The predicted octanol–water partition coefficient (Wildman–Crippen LogP) is 7.48. The normalized spacial score (nSPS) is 13.5. The first kappa shape index (κ1) is 35.9. The van der Waals surface area contributed by atoms with Crippen molar-refractivity contribution in [3.63, 3.8) is 0 Å². The van der Waals surface area contributed by atoms with Crippen molar-refractivity contribution in [2.24, 2.45) is 0 Å². The zero-order valence-corrected chi connectivity index (χ0v) is 23.1. The van der Waals surface area contributed by atoms with Gasteiger partial charge in [-0.25, -0.2) is 0 Å². The molecule has 0 saturated carbocycles. The van der Waals surface area contributed by atoms with Gasteiger partial charge in [-0.2, -0.15) is 0 Å². The van der Waals surface area contributed by atoms with Crippen molar-refractivity contribution in [2.45, 2.75) is 161 Å². The SMILES string of the molecule is CCCCCCCCCC(CO)[N+](=O)[O-].CCCCCCCCCCCCC(CC)(CO)[N+](=O)[O-]. The molecule has 2 N–H and O–H groups in total. The number of nitrogens with zero attached hydrogens (tertiary/aromatic N) is 2. The third kappa shape index (κ3) is 20.6. The molecule has 8 heteroatoms. The van der Waals surface area contributed by atoms with Crippen LogP contribution in [-0.4, -0.2) is 44.9 Å². The van der Waals surface area contributed by atoms with Gasteiger partial charge in [0.1, 0.15) is 13.2 Å². The summed E-state index contributed by atoms with van der Waals surface area (Å²) in [5, 5.41) is 39.4. The van der Waals surface area contributed by atoms with E-state index in [1.165, 1.54) is 70.6 Å². The maximum absolute atomic E-state index is 11.0. The van der Waals surface area contributed by atoms with E-state index in [1.54, 1.807) is 6.92 Å². The molecule has 0 radical (unpaired) electrons. The molecule has 2 unspecified atom stereocenters. The summed E-state index contributed by atoms with van der Waals surface area (Å²) in [6, 6.07) is -0.749. The first-order valence-electron chi connectivity index (χ1n) is 14.3. The molecule has 0 heterocycles. The van der Waals surface area contributed by atoms with Gasteiger partial charge in [0.2, 0.25) is 11.6 Å². The fraction of sp³-hybridized carbons (Fsp3) is 1.00. The highest BCUT2D eigenvalue weighted by Gasteiger charge is 2.39. The lowest BCUT2D eigenvalue weighted by molar-refractivity contribution is -0.575. The lowest BCUT2D eigenvalue weighted by Crippen LogP contribution is -2.41. The Morgan fingerprint density at radius 2 is 1.06 bits per heavy atom. The van der Waals surface area contributed by atoms with E-state index >= 15 is 0 Å². The molecule has 0 aromatic carbocycles. The summed E-state index contributed by atoms with van der Waals surface area (Å²) in [6.45, 7) is 5.53. The van der Waals surface area contributed by atoms with E-state index in [9.17, 15) is 25.3 Å². The number of hydrogen-bond donors (Lipinski definition) is 2. The second-order valence-corrected chi connectivity index (χ2v) is 9.96. The Balaban J connectivity index is 0. The van der Waals surface area contributed by atoms with Gasteiger partial charge >= 0.3 is 0 Å². The molecule has 0 fully saturated rings. The molecule has 35 heavy (non-hydrogen) atoms. The van der Waals surface area contributed by atoms with Crippen molar-refractivity contribution >= 4 is 0 Å². The van der Waals surface area contributed by atoms with E-state index in [0.29, 0.717) is 19.3 Å². The van der Waals surface area contributed by atoms with Gasteiger partial charge in [-0.05, 0) is 12.8 Å². The molecule has 0 aromatic rings. The highest BCUT2D eigenvalue weighted by atomic mass is 16.6. The minimum absolute atomic E-state index is 0.291. The number of rotatable bonds is 24. The highest BCUT2D eigenvalue weighted by Crippen LogP contribution is 2.23. The smallest absolute Gasteiger partial charge is 0.244 e. The predicted molar refractivity (Wildman–Crippen MR) is 144 cm³/mol. The first-order chi connectivity index (χ1) is 16.8. The Kier molecular flexibility index (Phi) is 26.5. The van der Waals surface area contributed by atoms with Crippen LogP contribution in [-0.2, 0) is 0 Å². The summed E-state index contributed by atoms with van der Waals surface area (Å²) < 4.78 is 0. The Morgan fingerprint density at radius 1 is 0.657 bits per heavy atom. The van der Waals surface area contributed by atoms with Crippen LogP contribution in [0.1, 0.15) is 149 Å². The van der Waals surface area contributed by atoms with Crippen molar-refractivity contribution in [1.29, 1.82) is 0 Å². The van der Waals surface area contributed by atoms with Crippen LogP contribution in [0.5, 0.6) is 0 Å². The van der Waals surface area contributed by atoms with Crippen LogP contribution in [0.3, 0.4) is 0 Å². The molecule has 2 atom stereocenters. The summed E-state index contributed by atoms with van der Waals surface area (Å²) in [4.78, 5) is 20.7. The standard InChI is InChI=1S/C16H33NO3.C11H23NO3/c1-3-5-6-7-8-9-10-11-12-13-14-16(4-2,15-18)17(19)20;1-2-3-4-5-6-7-8-9-11(10-13)12(14)15/h18H,3-15H2,1-2H3;11,13H,2-10H2,1H3. The average Bonchev–Trinajstić information content (AvgIpc) is 2.84. The number of hydrogen-bond acceptors (Lipinski definition) is 6. The summed E-state index contributed by atoms with van der Waals surface area (Å²) in [5.41, 5.74) is -1.10. The van der Waals surface area contributed by atoms with E-state index < -0.39 is 11.6 Å². The van der Waals surface area contributed by atoms with Crippen molar-refractivity contribution in [2.75, 3.05) is 13.2 Å². The summed E-state index contributed by atoms with van der Waals surface area (Å²) >= 11 is 0. The monoisotopic (exact) mass is 504 g/mol. The van der Waals surface area contributed by atoms with Crippen LogP contribution in [0.4, 0.5) is 0 Å². The van der Waals surface area contributed by atoms with E-state index in [0.717, 1.165) is 38.5 Å². The van der Waals surface area contributed by atoms with E-state index in [4.69, 9.17) is 5.11 Å². The second-order valence-electron chi connectivity index (χ2n) is 9.96. The van der Waals surface area contributed by atoms with Gasteiger partial charge in [-0.15, -0.1) is 0 Å². The molecule has 0 aliphatic rings. The summed E-state index contributed by atoms with van der Waals surface area (Å²) in [5.74, 6) is 0. The van der Waals surface area contributed by atoms with Crippen molar-refractivity contribution < 1.29 is 20.1 Å². The molecule has 0 bridgehead atoms. The maximum atomic E-state index is 11.0. The summed E-state index contributed by atoms with van der Waals surface area (Å²) in [6.07, 6.45) is 21.8. The van der Waals surface area contributed by atoms with Gasteiger partial charge in [0.05, 0.1) is 0 Å². The zero-order valence-electron chi connectivity index (χ0n) is 23.1. The Hall–Kier alpha value is -1.28. The van der Waals surface area contributed by atoms with Gasteiger partial charge < -0.3 is 10.2 Å². The zero-order chi connectivity index (χ0) is 26.8. The molecule has 0 spiro atoms. The van der Waals surface area contributed by atoms with Crippen LogP contribution < -0.4 is 0 Å². The molecule has 210 valence electrons. The Labute approximate surface area is 214 Å². The van der Waals surface area contributed by atoms with Crippen LogP contribution in [0.25, 0.3) is 0 Å². The molecule has 0 amide bonds. The number of aliphatic hydroxyl groups is 2. The molecule has 0 aliphatic carbocycles. The molecule has 8 nitrogen and oxygen atoms in total. The van der Waals surface area contributed by atoms with Gasteiger partial charge in [0.25, 0.3) is 0 Å². The number of aliphatic hydroxyl groups excluding tert-OH is 2. The lowest BCUT2D eigenvalue weighted by atomic mass is 9.90. The summed E-state index contributed by atoms with van der Waals surface area (Å²) in [7, 11) is 0. The van der Waals surface area contributed by atoms with Crippen molar-refractivity contribution in [3.05, 3.63) is 20.2 Å². The van der Waals surface area contributed by atoms with Gasteiger partial charge in [0.15, 0.2) is 0 Å². The quantitative estimate of drug-likeness (QED) is 0.0796. The first-order valence-corrected chi connectivity index (χ1v) is 14.3. The number of unbranched alkanes of at least 4 members (excludes halogenated alkanes) is 15. The number of nitro groups is 2. The van der Waals surface area contributed by atoms with Gasteiger partial charge in [-0.3, -0.25) is 20.2 Å². The van der Waals surface area contributed by atoms with Crippen molar-refractivity contribution in [1.82, 2.24) is 0 Å². The Morgan fingerprint density at radius 3 is 1.37 bits per heavy atom. The molecular weight excluding hydrogens is 448 g/mol. The van der Waals surface area contributed by atoms with Gasteiger partial charge in [-0.1, -0.05) is 117 Å². The van der Waals surface area contributed by atoms with E-state index in [2.05, 4.69) is 13.8 Å². The third-order valence-corrected chi connectivity index (χ3v) is 6.99. The molecule has 0 rings (SSSR count). The van der Waals surface area contributed by atoms with Crippen LogP contribution in [0.2, 0.25) is 0 Å². The second kappa shape index (κ2) is 25.8. The molecule has 0 aliphatic heterocycles. The fourth-order valence-corrected chi connectivity index (χ4v) is 4.19. The van der Waals surface area contributed by atoms with Crippen LogP contribution in [0.15, 0.2) is 0 Å². The third-order valence-electron chi connectivity index (χ3n) is 6.99. The maximum Gasteiger partial charge on any atom is 0.244 e. The average molecular weight is 505 g/mol. The highest BCUT2D eigenvalue weighted by molar-refractivity contribution is 4.76. The van der Waals surface area contributed by atoms with E-state index in [-0.39, 0.29) is 23.1 Å². The molecule has 0 aromatic heterocycles. The van der Waals surface area contributed by atoms with E-state index in [1.807, 2.05) is 0 Å². The topological polar surface area (TPSA) is 127 Å². The van der Waals surface area contributed by atoms with Crippen LogP contribution >= 0.6 is 0 Å². The minimum atomic E-state index is -1.10. The van der Waals surface area contributed by atoms with Crippen LogP contribution in [0, 0.1) is 20.2 Å². The lowest BCUT2D eigenvalue weighted by Gasteiger charge is -2.21. The Bertz CT molecular complexity index is 486. The van der Waals surface area contributed by atoms with Gasteiger partial charge in [0, 0.05) is 29.1 Å². The van der Waals surface area contributed by atoms with Crippen molar-refractivity contribution in [3.8, 4) is 0 Å².